The Hall–Kier alpha value is -2.68. The van der Waals surface area contributed by atoms with E-state index in [1.807, 2.05) is 20.8 Å². The first-order chi connectivity index (χ1) is 14.0. The first-order valence-electron chi connectivity index (χ1n) is 10.3. The van der Waals surface area contributed by atoms with Gasteiger partial charge in [0.05, 0.1) is 22.7 Å². The van der Waals surface area contributed by atoms with Crippen LogP contribution in [0.5, 0.6) is 0 Å². The van der Waals surface area contributed by atoms with Crippen molar-refractivity contribution in [1.29, 1.82) is 0 Å². The van der Waals surface area contributed by atoms with E-state index in [1.54, 1.807) is 19.9 Å². The van der Waals surface area contributed by atoms with Crippen molar-refractivity contribution in [1.82, 2.24) is 15.5 Å². The second-order valence-corrected chi connectivity index (χ2v) is 9.01. The van der Waals surface area contributed by atoms with Crippen LogP contribution in [0.25, 0.3) is 0 Å². The number of nitro benzene ring substituents is 1. The van der Waals surface area contributed by atoms with Crippen LogP contribution in [0.1, 0.15) is 44.7 Å². The summed E-state index contributed by atoms with van der Waals surface area (Å²) in [4.78, 5) is 37.2. The maximum atomic E-state index is 12.3. The maximum absolute atomic E-state index is 12.3. The summed E-state index contributed by atoms with van der Waals surface area (Å²) in [7, 11) is 0. The Bertz CT molecular complexity index is 795. The molecular weight excluding hydrogens is 386 g/mol. The molecule has 0 atom stereocenters. The molecule has 0 radical (unpaired) electrons. The number of nitrogens with zero attached hydrogens (tertiary/aromatic N) is 2. The fourth-order valence-electron chi connectivity index (χ4n) is 3.63. The first kappa shape index (κ1) is 23.6. The van der Waals surface area contributed by atoms with Crippen molar-refractivity contribution < 1.29 is 14.5 Å². The van der Waals surface area contributed by atoms with Gasteiger partial charge in [0.1, 0.15) is 0 Å². The van der Waals surface area contributed by atoms with Crippen LogP contribution < -0.4 is 16.0 Å². The van der Waals surface area contributed by atoms with Crippen molar-refractivity contribution >= 4 is 23.3 Å². The average molecular weight is 420 g/mol. The van der Waals surface area contributed by atoms with Crippen LogP contribution >= 0.6 is 0 Å². The van der Waals surface area contributed by atoms with Crippen LogP contribution in [0, 0.1) is 29.9 Å². The van der Waals surface area contributed by atoms with Crippen LogP contribution in [0.4, 0.5) is 16.2 Å². The highest BCUT2D eigenvalue weighted by molar-refractivity contribution is 5.91. The van der Waals surface area contributed by atoms with Crippen molar-refractivity contribution in [3.63, 3.8) is 0 Å². The van der Waals surface area contributed by atoms with E-state index < -0.39 is 4.92 Å². The molecule has 1 fully saturated rings. The Labute approximate surface area is 177 Å². The second kappa shape index (κ2) is 9.88. The van der Waals surface area contributed by atoms with Crippen LogP contribution in [-0.4, -0.2) is 53.5 Å². The molecule has 9 nitrogen and oxygen atoms in total. The Morgan fingerprint density at radius 1 is 1.20 bits per heavy atom. The number of hydrogen-bond acceptors (Lipinski definition) is 5. The van der Waals surface area contributed by atoms with Gasteiger partial charge in [-0.15, -0.1) is 0 Å². The standard InChI is InChI=1S/C21H33N5O4/c1-14-6-7-17(26(29)30)15(2)19(14)23-20(28)22-12-16-8-10-25(11-9-16)13-18(27)24-21(3,4)5/h6-7,16H,8-13H2,1-5H3,(H,24,27)(H2,22,23,28). The smallest absolute Gasteiger partial charge is 0.319 e. The van der Waals surface area contributed by atoms with E-state index in [1.165, 1.54) is 6.07 Å². The maximum Gasteiger partial charge on any atom is 0.319 e. The highest BCUT2D eigenvalue weighted by Crippen LogP contribution is 2.28. The molecular formula is C21H33N5O4. The van der Waals surface area contributed by atoms with Crippen molar-refractivity contribution in [3.05, 3.63) is 33.4 Å². The largest absolute Gasteiger partial charge is 0.350 e. The number of nitrogens with one attached hydrogen (secondary N) is 3. The third-order valence-corrected chi connectivity index (χ3v) is 5.22. The number of aryl methyl sites for hydroxylation is 1. The predicted octanol–water partition coefficient (Wildman–Crippen LogP) is 2.96. The number of likely N-dealkylation sites (tertiary alicyclic amines) is 1. The van der Waals surface area contributed by atoms with Crippen LogP contribution in [0.3, 0.4) is 0 Å². The van der Waals surface area contributed by atoms with Gasteiger partial charge in [-0.25, -0.2) is 4.79 Å². The molecule has 0 unspecified atom stereocenters. The minimum absolute atomic E-state index is 0.0150. The molecule has 0 bridgehead atoms. The lowest BCUT2D eigenvalue weighted by atomic mass is 9.97. The summed E-state index contributed by atoms with van der Waals surface area (Å²) in [6.45, 7) is 11.9. The van der Waals surface area contributed by atoms with Gasteiger partial charge in [0.2, 0.25) is 5.91 Å². The number of anilines is 1. The van der Waals surface area contributed by atoms with Crippen molar-refractivity contribution in [2.75, 3.05) is 31.5 Å². The van der Waals surface area contributed by atoms with Gasteiger partial charge in [-0.1, -0.05) is 6.07 Å². The first-order valence-corrected chi connectivity index (χ1v) is 10.3. The average Bonchev–Trinajstić information content (AvgIpc) is 2.62. The number of rotatable bonds is 6. The molecule has 1 saturated heterocycles. The highest BCUT2D eigenvalue weighted by Gasteiger charge is 2.23. The molecule has 2 rings (SSSR count). The Kier molecular flexibility index (Phi) is 7.77. The van der Waals surface area contributed by atoms with Gasteiger partial charge in [0.25, 0.3) is 5.69 Å². The number of urea groups is 1. The topological polar surface area (TPSA) is 117 Å². The minimum atomic E-state index is -0.451. The van der Waals surface area contributed by atoms with E-state index in [0.717, 1.165) is 31.5 Å². The van der Waals surface area contributed by atoms with Gasteiger partial charge in [0, 0.05) is 18.2 Å². The van der Waals surface area contributed by atoms with Crippen LogP contribution in [0.2, 0.25) is 0 Å². The third-order valence-electron chi connectivity index (χ3n) is 5.22. The van der Waals surface area contributed by atoms with Gasteiger partial charge in [-0.2, -0.15) is 0 Å². The van der Waals surface area contributed by atoms with Gasteiger partial charge in [-0.05, 0) is 72.0 Å². The van der Waals surface area contributed by atoms with Gasteiger partial charge < -0.3 is 16.0 Å². The molecule has 1 aliphatic rings. The number of nitro groups is 1. The second-order valence-electron chi connectivity index (χ2n) is 9.01. The lowest BCUT2D eigenvalue weighted by Gasteiger charge is -2.32. The molecule has 1 aromatic carbocycles. The number of piperidine rings is 1. The monoisotopic (exact) mass is 419 g/mol. The van der Waals surface area contributed by atoms with E-state index >= 15 is 0 Å². The summed E-state index contributed by atoms with van der Waals surface area (Å²) in [6, 6.07) is 2.71. The molecule has 1 aromatic rings. The lowest BCUT2D eigenvalue weighted by molar-refractivity contribution is -0.385. The molecule has 166 valence electrons. The van der Waals surface area contributed by atoms with Crippen molar-refractivity contribution in [2.45, 2.75) is 53.0 Å². The van der Waals surface area contributed by atoms with Crippen LogP contribution in [0.15, 0.2) is 12.1 Å². The van der Waals surface area contributed by atoms with E-state index in [-0.39, 0.29) is 23.2 Å². The zero-order valence-electron chi connectivity index (χ0n) is 18.5. The van der Waals surface area contributed by atoms with E-state index in [2.05, 4.69) is 20.9 Å². The Morgan fingerprint density at radius 2 is 1.83 bits per heavy atom. The molecule has 0 saturated carbocycles. The van der Waals surface area contributed by atoms with Crippen LogP contribution in [-0.2, 0) is 4.79 Å². The summed E-state index contributed by atoms with van der Waals surface area (Å²) in [6.07, 6.45) is 1.80. The van der Waals surface area contributed by atoms with E-state index in [0.29, 0.717) is 30.3 Å². The predicted molar refractivity (Wildman–Crippen MR) is 117 cm³/mol. The lowest BCUT2D eigenvalue weighted by Crippen LogP contribution is -2.48. The quantitative estimate of drug-likeness (QED) is 0.484. The number of benzene rings is 1. The van der Waals surface area contributed by atoms with Gasteiger partial charge in [-0.3, -0.25) is 19.8 Å². The molecule has 3 N–H and O–H groups in total. The molecule has 0 aromatic heterocycles. The van der Waals surface area contributed by atoms with Crippen molar-refractivity contribution in [2.24, 2.45) is 5.92 Å². The third kappa shape index (κ3) is 6.98. The number of carbonyl (C=O) groups excluding carboxylic acids is 2. The Morgan fingerprint density at radius 3 is 2.40 bits per heavy atom. The van der Waals surface area contributed by atoms with Crippen molar-refractivity contribution in [3.8, 4) is 0 Å². The van der Waals surface area contributed by atoms with Gasteiger partial charge in [0.15, 0.2) is 0 Å². The highest BCUT2D eigenvalue weighted by atomic mass is 16.6. The fraction of sp³-hybridized carbons (Fsp3) is 0.619. The minimum Gasteiger partial charge on any atom is -0.350 e. The molecule has 30 heavy (non-hydrogen) atoms. The molecule has 3 amide bonds. The molecule has 9 heteroatoms. The summed E-state index contributed by atoms with van der Waals surface area (Å²) in [5.74, 6) is 0.367. The summed E-state index contributed by atoms with van der Waals surface area (Å²) < 4.78 is 0. The summed E-state index contributed by atoms with van der Waals surface area (Å²) in [5, 5.41) is 19.7. The molecule has 1 aliphatic heterocycles. The molecule has 0 spiro atoms. The fourth-order valence-corrected chi connectivity index (χ4v) is 3.63. The number of hydrogen-bond donors (Lipinski definition) is 3. The number of amides is 3. The normalized spacial score (nSPS) is 15.5. The van der Waals surface area contributed by atoms with E-state index in [9.17, 15) is 19.7 Å². The number of carbonyl (C=O) groups is 2. The summed E-state index contributed by atoms with van der Waals surface area (Å²) in [5.41, 5.74) is 1.44. The molecule has 1 heterocycles. The summed E-state index contributed by atoms with van der Waals surface area (Å²) >= 11 is 0. The van der Waals surface area contributed by atoms with E-state index in [4.69, 9.17) is 0 Å². The van der Waals surface area contributed by atoms with Gasteiger partial charge >= 0.3 is 6.03 Å². The Balaban J connectivity index is 1.79. The SMILES string of the molecule is Cc1ccc([N+](=O)[O-])c(C)c1NC(=O)NCC1CCN(CC(=O)NC(C)(C)C)CC1. The zero-order chi connectivity index (χ0) is 22.5. The zero-order valence-corrected chi connectivity index (χ0v) is 18.5. The molecule has 0 aliphatic carbocycles.